The summed E-state index contributed by atoms with van der Waals surface area (Å²) in [6.45, 7) is 5.13. The molecular formula is C18H25NO6. The first-order chi connectivity index (χ1) is 11.6. The number of esters is 1. The van der Waals surface area contributed by atoms with Gasteiger partial charge in [0.2, 0.25) is 0 Å². The molecule has 0 aliphatic carbocycles. The highest BCUT2D eigenvalue weighted by Gasteiger charge is 2.25. The zero-order valence-electron chi connectivity index (χ0n) is 15.0. The maximum atomic E-state index is 12.1. The first kappa shape index (κ1) is 20.5. The second-order valence-corrected chi connectivity index (χ2v) is 6.64. The van der Waals surface area contributed by atoms with Gasteiger partial charge in [0.1, 0.15) is 23.2 Å². The van der Waals surface area contributed by atoms with Crippen molar-refractivity contribution in [2.45, 2.75) is 51.7 Å². The van der Waals surface area contributed by atoms with E-state index in [0.717, 1.165) is 5.56 Å². The van der Waals surface area contributed by atoms with Crippen LogP contribution in [-0.4, -0.2) is 41.7 Å². The molecule has 0 saturated heterocycles. The molecule has 138 valence electrons. The van der Waals surface area contributed by atoms with E-state index < -0.39 is 23.7 Å². The van der Waals surface area contributed by atoms with Crippen LogP contribution in [0.15, 0.2) is 24.3 Å². The Bertz CT molecular complexity index is 603. The van der Waals surface area contributed by atoms with Gasteiger partial charge in [-0.2, -0.15) is 0 Å². The summed E-state index contributed by atoms with van der Waals surface area (Å²) in [4.78, 5) is 35.7. The highest BCUT2D eigenvalue weighted by atomic mass is 16.6. The van der Waals surface area contributed by atoms with Gasteiger partial charge in [-0.15, -0.1) is 0 Å². The second kappa shape index (κ2) is 9.05. The number of amides is 1. The van der Waals surface area contributed by atoms with E-state index in [-0.39, 0.29) is 30.8 Å². The molecule has 1 unspecified atom stereocenters. The van der Waals surface area contributed by atoms with E-state index in [4.69, 9.17) is 4.74 Å². The van der Waals surface area contributed by atoms with Crippen LogP contribution in [0.3, 0.4) is 0 Å². The van der Waals surface area contributed by atoms with Crippen LogP contribution in [0, 0.1) is 0 Å². The lowest BCUT2D eigenvalue weighted by atomic mass is 10.0. The van der Waals surface area contributed by atoms with E-state index >= 15 is 0 Å². The number of ether oxygens (including phenoxy) is 2. The Morgan fingerprint density at radius 3 is 2.28 bits per heavy atom. The van der Waals surface area contributed by atoms with Crippen molar-refractivity contribution in [3.8, 4) is 5.75 Å². The van der Waals surface area contributed by atoms with E-state index in [1.807, 2.05) is 0 Å². The Morgan fingerprint density at radius 1 is 1.16 bits per heavy atom. The van der Waals surface area contributed by atoms with E-state index in [2.05, 4.69) is 10.1 Å². The fourth-order valence-corrected chi connectivity index (χ4v) is 2.08. The number of methoxy groups -OCH3 is 1. The van der Waals surface area contributed by atoms with Crippen molar-refractivity contribution in [1.82, 2.24) is 5.32 Å². The molecule has 1 aromatic carbocycles. The summed E-state index contributed by atoms with van der Waals surface area (Å²) in [6, 6.07) is 5.37. The van der Waals surface area contributed by atoms with E-state index in [9.17, 15) is 19.5 Å². The highest BCUT2D eigenvalue weighted by Crippen LogP contribution is 2.12. The highest BCUT2D eigenvalue weighted by molar-refractivity contribution is 5.84. The summed E-state index contributed by atoms with van der Waals surface area (Å²) in [5, 5.41) is 11.7. The van der Waals surface area contributed by atoms with Crippen LogP contribution in [0.2, 0.25) is 0 Å². The molecule has 0 spiro atoms. The van der Waals surface area contributed by atoms with Gasteiger partial charge in [-0.1, -0.05) is 12.1 Å². The number of nitrogens with one attached hydrogen (secondary N) is 1. The molecule has 25 heavy (non-hydrogen) atoms. The maximum Gasteiger partial charge on any atom is 0.408 e. The average Bonchev–Trinajstić information content (AvgIpc) is 2.51. The maximum absolute atomic E-state index is 12.1. The number of hydrogen-bond donors (Lipinski definition) is 2. The fourth-order valence-electron chi connectivity index (χ4n) is 2.08. The lowest BCUT2D eigenvalue weighted by Gasteiger charge is -2.22. The van der Waals surface area contributed by atoms with Crippen LogP contribution in [0.5, 0.6) is 5.75 Å². The number of ketones is 1. The Labute approximate surface area is 147 Å². The van der Waals surface area contributed by atoms with Gasteiger partial charge in [0.15, 0.2) is 0 Å². The van der Waals surface area contributed by atoms with Gasteiger partial charge in [0.25, 0.3) is 0 Å². The Morgan fingerprint density at radius 2 is 1.76 bits per heavy atom. The fraction of sp³-hybridized carbons (Fsp3) is 0.500. The number of aromatic hydroxyl groups is 1. The first-order valence-corrected chi connectivity index (χ1v) is 7.97. The molecule has 0 bridgehead atoms. The summed E-state index contributed by atoms with van der Waals surface area (Å²) >= 11 is 0. The topological polar surface area (TPSA) is 102 Å². The predicted octanol–water partition coefficient (Wildman–Crippen LogP) is 2.35. The number of alkyl carbamates (subject to hydrolysis) is 1. The summed E-state index contributed by atoms with van der Waals surface area (Å²) in [6.07, 6.45) is -0.353. The monoisotopic (exact) mass is 351 g/mol. The summed E-state index contributed by atoms with van der Waals surface area (Å²) < 4.78 is 9.77. The van der Waals surface area contributed by atoms with E-state index in [1.54, 1.807) is 32.9 Å². The van der Waals surface area contributed by atoms with E-state index in [0.29, 0.717) is 0 Å². The normalized spacial score (nSPS) is 12.2. The van der Waals surface area contributed by atoms with E-state index in [1.165, 1.54) is 19.2 Å². The molecular weight excluding hydrogens is 326 g/mol. The van der Waals surface area contributed by atoms with Gasteiger partial charge in [0, 0.05) is 12.8 Å². The van der Waals surface area contributed by atoms with Gasteiger partial charge in [-0.05, 0) is 44.9 Å². The number of hydrogen-bond acceptors (Lipinski definition) is 6. The Kier molecular flexibility index (Phi) is 7.42. The van der Waals surface area contributed by atoms with Crippen LogP contribution in [-0.2, 0) is 25.5 Å². The third-order valence-corrected chi connectivity index (χ3v) is 3.23. The number of phenols is 1. The minimum absolute atomic E-state index is 0.0921. The van der Waals surface area contributed by atoms with Crippen molar-refractivity contribution in [3.05, 3.63) is 29.8 Å². The largest absolute Gasteiger partial charge is 0.508 e. The zero-order valence-corrected chi connectivity index (χ0v) is 15.0. The van der Waals surface area contributed by atoms with Gasteiger partial charge >= 0.3 is 12.1 Å². The number of benzene rings is 1. The molecule has 0 saturated carbocycles. The van der Waals surface area contributed by atoms with Crippen molar-refractivity contribution < 1.29 is 29.0 Å². The van der Waals surface area contributed by atoms with Gasteiger partial charge in [-0.25, -0.2) is 9.59 Å². The minimum atomic E-state index is -0.955. The molecule has 0 aliphatic heterocycles. The lowest BCUT2D eigenvalue weighted by Crippen LogP contribution is -2.44. The molecule has 2 N–H and O–H groups in total. The molecule has 1 amide bonds. The second-order valence-electron chi connectivity index (χ2n) is 6.64. The van der Waals surface area contributed by atoms with Crippen LogP contribution < -0.4 is 5.32 Å². The van der Waals surface area contributed by atoms with Gasteiger partial charge in [0.05, 0.1) is 7.11 Å². The van der Waals surface area contributed by atoms with Crippen LogP contribution in [0.4, 0.5) is 4.79 Å². The minimum Gasteiger partial charge on any atom is -0.508 e. The third kappa shape index (κ3) is 8.19. The van der Waals surface area contributed by atoms with Gasteiger partial charge < -0.3 is 19.9 Å². The SMILES string of the molecule is COC(=O)C(CCC(=O)Cc1ccc(O)cc1)NC(=O)OC(C)(C)C. The third-order valence-electron chi connectivity index (χ3n) is 3.23. The van der Waals surface area contributed by atoms with Crippen LogP contribution in [0.25, 0.3) is 0 Å². The smallest absolute Gasteiger partial charge is 0.408 e. The molecule has 0 radical (unpaired) electrons. The van der Waals surface area contributed by atoms with Gasteiger partial charge in [-0.3, -0.25) is 4.79 Å². The molecule has 0 aromatic heterocycles. The molecule has 1 aromatic rings. The summed E-state index contributed by atoms with van der Waals surface area (Å²) in [5.74, 6) is -0.600. The standard InChI is InChI=1S/C18H25NO6/c1-18(2,3)25-17(23)19-15(16(22)24-4)10-9-14(21)11-12-5-7-13(20)8-6-12/h5-8,15,20H,9-11H2,1-4H3,(H,19,23). The van der Waals surface area contributed by atoms with Crippen molar-refractivity contribution in [2.75, 3.05) is 7.11 Å². The number of carbonyl (C=O) groups is 3. The number of carbonyl (C=O) groups excluding carboxylic acids is 3. The molecule has 0 heterocycles. The number of rotatable bonds is 7. The number of Topliss-reactive ketones (excluding diaryl/α,β-unsaturated/α-hetero) is 1. The lowest BCUT2D eigenvalue weighted by molar-refractivity contribution is -0.143. The van der Waals surface area contributed by atoms with Crippen molar-refractivity contribution >= 4 is 17.8 Å². The Hall–Kier alpha value is -2.57. The van der Waals surface area contributed by atoms with Crippen LogP contribution >= 0.6 is 0 Å². The molecule has 7 heteroatoms. The van der Waals surface area contributed by atoms with Crippen molar-refractivity contribution in [2.24, 2.45) is 0 Å². The predicted molar refractivity (Wildman–Crippen MR) is 91.2 cm³/mol. The van der Waals surface area contributed by atoms with Crippen molar-refractivity contribution in [1.29, 1.82) is 0 Å². The average molecular weight is 351 g/mol. The quantitative estimate of drug-likeness (QED) is 0.731. The molecule has 1 atom stereocenters. The molecule has 7 nitrogen and oxygen atoms in total. The number of phenolic OH excluding ortho intramolecular Hbond substituents is 1. The summed E-state index contributed by atoms with van der Waals surface area (Å²) in [5.41, 5.74) is 0.0666. The molecule has 0 aliphatic rings. The molecule has 0 fully saturated rings. The summed E-state index contributed by atoms with van der Waals surface area (Å²) in [7, 11) is 1.21. The van der Waals surface area contributed by atoms with Crippen LogP contribution in [0.1, 0.15) is 39.2 Å². The van der Waals surface area contributed by atoms with Crippen molar-refractivity contribution in [3.63, 3.8) is 0 Å². The first-order valence-electron chi connectivity index (χ1n) is 7.97. The Balaban J connectivity index is 2.57. The zero-order chi connectivity index (χ0) is 19.0. The molecule has 1 rings (SSSR count).